The zero-order valence-corrected chi connectivity index (χ0v) is 11.3. The van der Waals surface area contributed by atoms with E-state index in [1.54, 1.807) is 0 Å². The van der Waals surface area contributed by atoms with E-state index in [1.807, 2.05) is 0 Å². The molecule has 2 saturated heterocycles. The van der Waals surface area contributed by atoms with Crippen LogP contribution < -0.4 is 5.32 Å². The summed E-state index contributed by atoms with van der Waals surface area (Å²) in [6.45, 7) is 2.60. The van der Waals surface area contributed by atoms with Gasteiger partial charge in [0.1, 0.15) is 0 Å². The average molecular weight is 233 g/mol. The monoisotopic (exact) mass is 233 g/mol. The molecular formula is C16H27N. The van der Waals surface area contributed by atoms with Crippen LogP contribution >= 0.6 is 0 Å². The van der Waals surface area contributed by atoms with Crippen molar-refractivity contribution in [2.75, 3.05) is 0 Å². The third-order valence-corrected chi connectivity index (χ3v) is 6.84. The molecule has 0 aromatic heterocycles. The van der Waals surface area contributed by atoms with Gasteiger partial charge in [-0.25, -0.2) is 0 Å². The number of rotatable bonds is 0. The highest BCUT2D eigenvalue weighted by atomic mass is 15.1. The molecule has 6 unspecified atom stereocenters. The van der Waals surface area contributed by atoms with Crippen LogP contribution in [-0.2, 0) is 0 Å². The molecular weight excluding hydrogens is 206 g/mol. The summed E-state index contributed by atoms with van der Waals surface area (Å²) in [5.41, 5.74) is 0.527. The molecule has 0 amide bonds. The van der Waals surface area contributed by atoms with Crippen LogP contribution in [0.4, 0.5) is 0 Å². The Balaban J connectivity index is 1.69. The second-order valence-electron chi connectivity index (χ2n) is 7.48. The van der Waals surface area contributed by atoms with E-state index >= 15 is 0 Å². The maximum atomic E-state index is 4.11. The average Bonchev–Trinajstić information content (AvgIpc) is 2.61. The van der Waals surface area contributed by atoms with Crippen molar-refractivity contribution in [2.24, 2.45) is 23.7 Å². The van der Waals surface area contributed by atoms with Gasteiger partial charge in [0.05, 0.1) is 0 Å². The summed E-state index contributed by atoms with van der Waals surface area (Å²) in [4.78, 5) is 0. The van der Waals surface area contributed by atoms with Crippen LogP contribution in [0.3, 0.4) is 0 Å². The molecule has 0 aromatic rings. The minimum Gasteiger partial charge on any atom is -0.308 e. The summed E-state index contributed by atoms with van der Waals surface area (Å²) in [5.74, 6) is 4.15. The van der Waals surface area contributed by atoms with Gasteiger partial charge in [-0.1, -0.05) is 32.1 Å². The van der Waals surface area contributed by atoms with Gasteiger partial charge in [0, 0.05) is 11.6 Å². The van der Waals surface area contributed by atoms with Gasteiger partial charge in [-0.3, -0.25) is 0 Å². The molecule has 2 heterocycles. The van der Waals surface area contributed by atoms with Gasteiger partial charge in [-0.05, 0) is 56.3 Å². The summed E-state index contributed by atoms with van der Waals surface area (Å²) in [5, 5.41) is 4.11. The highest BCUT2D eigenvalue weighted by Gasteiger charge is 2.59. The second kappa shape index (κ2) is 3.73. The Bertz CT molecular complexity index is 305. The standard InChI is InChI=1S/C16H27N/c1-16-13-8-4-2-6-11(13)10-15(17-16)12-7-3-5-9-14(12)16/h11-15,17H,2-10H2,1H3. The molecule has 2 saturated carbocycles. The maximum absolute atomic E-state index is 4.11. The van der Waals surface area contributed by atoms with E-state index in [4.69, 9.17) is 0 Å². The quantitative estimate of drug-likeness (QED) is 0.672. The van der Waals surface area contributed by atoms with E-state index in [9.17, 15) is 0 Å². The first-order valence-electron chi connectivity index (χ1n) is 8.07. The maximum Gasteiger partial charge on any atom is 0.0218 e. The molecule has 17 heavy (non-hydrogen) atoms. The van der Waals surface area contributed by atoms with E-state index in [1.165, 1.54) is 57.8 Å². The lowest BCUT2D eigenvalue weighted by atomic mass is 9.62. The van der Waals surface area contributed by atoms with Crippen molar-refractivity contribution < 1.29 is 0 Å². The fourth-order valence-corrected chi connectivity index (χ4v) is 6.22. The second-order valence-corrected chi connectivity index (χ2v) is 7.48. The molecule has 6 atom stereocenters. The van der Waals surface area contributed by atoms with Gasteiger partial charge in [0.2, 0.25) is 0 Å². The Morgan fingerprint density at radius 1 is 0.882 bits per heavy atom. The Morgan fingerprint density at radius 2 is 1.59 bits per heavy atom. The van der Waals surface area contributed by atoms with Crippen LogP contribution in [0, 0.1) is 23.7 Å². The van der Waals surface area contributed by atoms with Crippen molar-refractivity contribution in [1.29, 1.82) is 0 Å². The van der Waals surface area contributed by atoms with Crippen LogP contribution in [0.5, 0.6) is 0 Å². The lowest BCUT2D eigenvalue weighted by molar-refractivity contribution is 0.0543. The summed E-state index contributed by atoms with van der Waals surface area (Å²) in [6, 6.07) is 0.893. The molecule has 1 nitrogen and oxygen atoms in total. The van der Waals surface area contributed by atoms with Crippen molar-refractivity contribution in [3.05, 3.63) is 0 Å². The van der Waals surface area contributed by atoms with Crippen molar-refractivity contribution in [3.8, 4) is 0 Å². The topological polar surface area (TPSA) is 12.0 Å². The molecule has 4 rings (SSSR count). The number of hydrogen-bond donors (Lipinski definition) is 1. The van der Waals surface area contributed by atoms with Crippen molar-refractivity contribution in [1.82, 2.24) is 5.32 Å². The zero-order valence-electron chi connectivity index (χ0n) is 11.3. The summed E-state index contributed by atoms with van der Waals surface area (Å²) in [6.07, 6.45) is 13.6. The fourth-order valence-electron chi connectivity index (χ4n) is 6.22. The molecule has 1 heteroatoms. The summed E-state index contributed by atoms with van der Waals surface area (Å²) in [7, 11) is 0. The lowest BCUT2D eigenvalue weighted by Gasteiger charge is -2.49. The van der Waals surface area contributed by atoms with Crippen molar-refractivity contribution in [3.63, 3.8) is 0 Å². The fraction of sp³-hybridized carbons (Fsp3) is 1.00. The smallest absolute Gasteiger partial charge is 0.0218 e. The predicted octanol–water partition coefficient (Wildman–Crippen LogP) is 3.73. The van der Waals surface area contributed by atoms with Gasteiger partial charge in [-0.2, -0.15) is 0 Å². The molecule has 96 valence electrons. The van der Waals surface area contributed by atoms with Crippen LogP contribution in [0.2, 0.25) is 0 Å². The number of piperidine rings is 1. The zero-order chi connectivity index (χ0) is 11.5. The number of fused-ring (bicyclic) bond motifs is 7. The van der Waals surface area contributed by atoms with Gasteiger partial charge in [-0.15, -0.1) is 0 Å². The first-order chi connectivity index (χ1) is 8.29. The first kappa shape index (κ1) is 10.8. The third kappa shape index (κ3) is 1.41. The lowest BCUT2D eigenvalue weighted by Crippen LogP contribution is -2.57. The van der Waals surface area contributed by atoms with Crippen molar-refractivity contribution >= 4 is 0 Å². The normalized spacial score (nSPS) is 57.4. The SMILES string of the molecule is CC12NC(CC3CCCCC31)C1CCCCC12. The van der Waals surface area contributed by atoms with Gasteiger partial charge in [0.15, 0.2) is 0 Å². The Labute approximate surface area is 106 Å². The van der Waals surface area contributed by atoms with E-state index in [2.05, 4.69) is 12.2 Å². The van der Waals surface area contributed by atoms with E-state index in [0.717, 1.165) is 29.7 Å². The molecule has 0 radical (unpaired) electrons. The molecule has 2 aliphatic carbocycles. The molecule has 1 N–H and O–H groups in total. The van der Waals surface area contributed by atoms with Gasteiger partial charge in [0.25, 0.3) is 0 Å². The summed E-state index contributed by atoms with van der Waals surface area (Å²) < 4.78 is 0. The number of hydrogen-bond acceptors (Lipinski definition) is 1. The highest BCUT2D eigenvalue weighted by molar-refractivity contribution is 5.15. The van der Waals surface area contributed by atoms with Crippen molar-refractivity contribution in [2.45, 2.75) is 76.3 Å². The predicted molar refractivity (Wildman–Crippen MR) is 70.8 cm³/mol. The Kier molecular flexibility index (Phi) is 2.38. The summed E-state index contributed by atoms with van der Waals surface area (Å²) >= 11 is 0. The van der Waals surface area contributed by atoms with Crippen LogP contribution in [0.1, 0.15) is 64.7 Å². The molecule has 0 aromatic carbocycles. The first-order valence-corrected chi connectivity index (χ1v) is 8.07. The van der Waals surface area contributed by atoms with Crippen LogP contribution in [0.15, 0.2) is 0 Å². The van der Waals surface area contributed by atoms with E-state index < -0.39 is 0 Å². The van der Waals surface area contributed by atoms with Gasteiger partial charge < -0.3 is 5.32 Å². The third-order valence-electron chi connectivity index (χ3n) is 6.84. The van der Waals surface area contributed by atoms with Crippen LogP contribution in [-0.4, -0.2) is 11.6 Å². The molecule has 2 aliphatic heterocycles. The highest BCUT2D eigenvalue weighted by Crippen LogP contribution is 2.57. The van der Waals surface area contributed by atoms with E-state index in [-0.39, 0.29) is 0 Å². The molecule has 0 spiro atoms. The molecule has 4 aliphatic rings. The van der Waals surface area contributed by atoms with Crippen LogP contribution in [0.25, 0.3) is 0 Å². The Morgan fingerprint density at radius 3 is 2.47 bits per heavy atom. The minimum atomic E-state index is 0.527. The van der Waals surface area contributed by atoms with E-state index in [0.29, 0.717) is 5.54 Å². The largest absolute Gasteiger partial charge is 0.308 e. The number of nitrogens with one attached hydrogen (secondary N) is 1. The molecule has 2 bridgehead atoms. The Hall–Kier alpha value is -0.0400. The molecule has 4 fully saturated rings. The minimum absolute atomic E-state index is 0.527. The van der Waals surface area contributed by atoms with Gasteiger partial charge >= 0.3 is 0 Å².